The van der Waals surface area contributed by atoms with Gasteiger partial charge in [-0.25, -0.2) is 9.78 Å². The molecule has 0 fully saturated rings. The number of carboxylic acids is 1. The van der Waals surface area contributed by atoms with Gasteiger partial charge in [0, 0.05) is 17.5 Å². The fourth-order valence-corrected chi connectivity index (χ4v) is 1.79. The number of carboxylic acid groups (broad SMARTS) is 1. The molecule has 0 aliphatic heterocycles. The summed E-state index contributed by atoms with van der Waals surface area (Å²) in [5.74, 6) is -1.07. The smallest absolute Gasteiger partial charge is 0.335 e. The minimum atomic E-state index is -1.01. The average molecular weight is 286 g/mol. The summed E-state index contributed by atoms with van der Waals surface area (Å²) in [5.41, 5.74) is 6.97. The number of nitrogens with two attached hydrogens (primary N) is 1. The number of pyridine rings is 2. The van der Waals surface area contributed by atoms with Crippen molar-refractivity contribution in [3.05, 3.63) is 53.0 Å². The van der Waals surface area contributed by atoms with E-state index in [-0.39, 0.29) is 12.1 Å². The van der Waals surface area contributed by atoms with Gasteiger partial charge in [-0.2, -0.15) is 0 Å². The van der Waals surface area contributed by atoms with Crippen LogP contribution in [0.15, 0.2) is 30.5 Å². The van der Waals surface area contributed by atoms with Crippen LogP contribution in [0.2, 0.25) is 0 Å². The average Bonchev–Trinajstić information content (AvgIpc) is 2.45. The van der Waals surface area contributed by atoms with E-state index in [0.717, 1.165) is 0 Å². The van der Waals surface area contributed by atoms with E-state index in [1.807, 2.05) is 0 Å². The van der Waals surface area contributed by atoms with Gasteiger partial charge in [-0.15, -0.1) is 0 Å². The van der Waals surface area contributed by atoms with Gasteiger partial charge in [-0.05, 0) is 31.2 Å². The molecule has 0 unspecified atom stereocenters. The zero-order chi connectivity index (χ0) is 15.4. The van der Waals surface area contributed by atoms with Crippen molar-refractivity contribution < 1.29 is 14.7 Å². The lowest BCUT2D eigenvalue weighted by molar-refractivity contribution is 0.0696. The number of rotatable bonds is 5. The summed E-state index contributed by atoms with van der Waals surface area (Å²) in [6.45, 7) is 2.04. The summed E-state index contributed by atoms with van der Waals surface area (Å²) in [6, 6.07) is 6.02. The fraction of sp³-hybridized carbons (Fsp3) is 0.143. The predicted molar refractivity (Wildman–Crippen MR) is 76.0 cm³/mol. The van der Waals surface area contributed by atoms with Crippen molar-refractivity contribution in [1.29, 1.82) is 0 Å². The number of nitrogens with zero attached hydrogens (tertiary/aromatic N) is 2. The Morgan fingerprint density at radius 1 is 1.29 bits per heavy atom. The van der Waals surface area contributed by atoms with Crippen molar-refractivity contribution in [2.75, 3.05) is 5.32 Å². The monoisotopic (exact) mass is 286 g/mol. The maximum Gasteiger partial charge on any atom is 0.335 e. The molecule has 21 heavy (non-hydrogen) atoms. The number of primary amides is 1. The van der Waals surface area contributed by atoms with Crippen LogP contribution in [0.4, 0.5) is 5.82 Å². The third kappa shape index (κ3) is 3.75. The van der Waals surface area contributed by atoms with Gasteiger partial charge >= 0.3 is 5.97 Å². The Morgan fingerprint density at radius 3 is 2.71 bits per heavy atom. The molecule has 0 atom stereocenters. The van der Waals surface area contributed by atoms with Crippen molar-refractivity contribution in [3.63, 3.8) is 0 Å². The molecule has 2 aromatic rings. The molecule has 1 amide bonds. The first kappa shape index (κ1) is 14.4. The van der Waals surface area contributed by atoms with Crippen molar-refractivity contribution in [1.82, 2.24) is 9.97 Å². The summed E-state index contributed by atoms with van der Waals surface area (Å²) >= 11 is 0. The minimum Gasteiger partial charge on any atom is -0.478 e. The Kier molecular flexibility index (Phi) is 4.13. The summed E-state index contributed by atoms with van der Waals surface area (Å²) in [4.78, 5) is 30.4. The molecule has 0 bridgehead atoms. The predicted octanol–water partition coefficient (Wildman–Crippen LogP) is 1.19. The van der Waals surface area contributed by atoms with E-state index in [0.29, 0.717) is 22.8 Å². The highest BCUT2D eigenvalue weighted by molar-refractivity contribution is 5.93. The first-order chi connectivity index (χ1) is 9.95. The summed E-state index contributed by atoms with van der Waals surface area (Å²) in [6.07, 6.45) is 1.43. The number of hydrogen-bond donors (Lipinski definition) is 3. The highest BCUT2D eigenvalue weighted by Gasteiger charge is 2.07. The summed E-state index contributed by atoms with van der Waals surface area (Å²) < 4.78 is 0. The van der Waals surface area contributed by atoms with Crippen molar-refractivity contribution in [3.8, 4) is 0 Å². The largest absolute Gasteiger partial charge is 0.478 e. The Hall–Kier alpha value is -2.96. The van der Waals surface area contributed by atoms with Crippen LogP contribution < -0.4 is 11.1 Å². The lowest BCUT2D eigenvalue weighted by Gasteiger charge is -2.08. The third-order valence-electron chi connectivity index (χ3n) is 2.75. The van der Waals surface area contributed by atoms with Gasteiger partial charge in [0.2, 0.25) is 5.91 Å². The Balaban J connectivity index is 2.14. The van der Waals surface area contributed by atoms with E-state index in [2.05, 4.69) is 15.3 Å². The van der Waals surface area contributed by atoms with Crippen LogP contribution >= 0.6 is 0 Å². The highest BCUT2D eigenvalue weighted by atomic mass is 16.4. The van der Waals surface area contributed by atoms with Gasteiger partial charge in [-0.1, -0.05) is 0 Å². The molecule has 0 aliphatic rings. The quantitative estimate of drug-likeness (QED) is 0.759. The summed E-state index contributed by atoms with van der Waals surface area (Å²) in [5, 5.41) is 11.9. The SMILES string of the molecule is Cc1cc(C(N)=O)cc(NCc2cc(C(=O)O)ccn2)n1. The van der Waals surface area contributed by atoms with Gasteiger partial charge in [0.1, 0.15) is 5.82 Å². The van der Waals surface area contributed by atoms with Crippen LogP contribution in [-0.2, 0) is 6.54 Å². The van der Waals surface area contributed by atoms with Gasteiger partial charge in [-0.3, -0.25) is 9.78 Å². The molecule has 0 radical (unpaired) electrons. The van der Waals surface area contributed by atoms with E-state index in [1.165, 1.54) is 24.4 Å². The molecule has 7 heteroatoms. The van der Waals surface area contributed by atoms with Crippen molar-refractivity contribution >= 4 is 17.7 Å². The Labute approximate surface area is 120 Å². The molecular weight excluding hydrogens is 272 g/mol. The maximum absolute atomic E-state index is 11.2. The normalized spacial score (nSPS) is 10.1. The Morgan fingerprint density at radius 2 is 2.05 bits per heavy atom. The topological polar surface area (TPSA) is 118 Å². The number of nitrogens with one attached hydrogen (secondary N) is 1. The second-order valence-electron chi connectivity index (χ2n) is 4.44. The zero-order valence-electron chi connectivity index (χ0n) is 11.3. The second-order valence-corrected chi connectivity index (χ2v) is 4.44. The molecule has 7 nitrogen and oxygen atoms in total. The molecule has 108 valence electrons. The van der Waals surface area contributed by atoms with Gasteiger partial charge < -0.3 is 16.2 Å². The first-order valence-electron chi connectivity index (χ1n) is 6.16. The Bertz CT molecular complexity index is 700. The van der Waals surface area contributed by atoms with Crippen LogP contribution in [0.5, 0.6) is 0 Å². The van der Waals surface area contributed by atoms with Crippen LogP contribution in [0.25, 0.3) is 0 Å². The van der Waals surface area contributed by atoms with Gasteiger partial charge in [0.25, 0.3) is 0 Å². The van der Waals surface area contributed by atoms with E-state index < -0.39 is 11.9 Å². The number of anilines is 1. The molecule has 4 N–H and O–H groups in total. The number of aromatic carboxylic acids is 1. The molecule has 0 aromatic carbocycles. The van der Waals surface area contributed by atoms with Crippen molar-refractivity contribution in [2.24, 2.45) is 5.73 Å². The molecule has 0 aliphatic carbocycles. The number of aryl methyl sites for hydroxylation is 1. The van der Waals surface area contributed by atoms with E-state index >= 15 is 0 Å². The standard InChI is InChI=1S/C14H14N4O3/c1-8-4-10(13(15)19)6-12(18-8)17-7-11-5-9(14(20)21)2-3-16-11/h2-6H,7H2,1H3,(H2,15,19)(H,17,18)(H,20,21). The van der Waals surface area contributed by atoms with Gasteiger partial charge in [0.15, 0.2) is 0 Å². The van der Waals surface area contributed by atoms with Gasteiger partial charge in [0.05, 0.1) is 17.8 Å². The molecule has 0 saturated carbocycles. The van der Waals surface area contributed by atoms with Crippen LogP contribution in [0, 0.1) is 6.92 Å². The third-order valence-corrected chi connectivity index (χ3v) is 2.75. The molecule has 2 heterocycles. The van der Waals surface area contributed by atoms with E-state index in [1.54, 1.807) is 13.0 Å². The molecular formula is C14H14N4O3. The minimum absolute atomic E-state index is 0.164. The second kappa shape index (κ2) is 6.00. The number of amides is 1. The number of hydrogen-bond acceptors (Lipinski definition) is 5. The molecule has 0 spiro atoms. The molecule has 2 aromatic heterocycles. The number of aromatic nitrogens is 2. The van der Waals surface area contributed by atoms with Crippen molar-refractivity contribution in [2.45, 2.75) is 13.5 Å². The fourth-order valence-electron chi connectivity index (χ4n) is 1.79. The lowest BCUT2D eigenvalue weighted by Crippen LogP contribution is -2.13. The zero-order valence-corrected chi connectivity index (χ0v) is 11.3. The molecule has 2 rings (SSSR count). The van der Waals surface area contributed by atoms with Crippen LogP contribution in [0.3, 0.4) is 0 Å². The van der Waals surface area contributed by atoms with E-state index in [9.17, 15) is 9.59 Å². The molecule has 0 saturated heterocycles. The maximum atomic E-state index is 11.2. The number of carbonyl (C=O) groups excluding carboxylic acids is 1. The number of carbonyl (C=O) groups is 2. The first-order valence-corrected chi connectivity index (χ1v) is 6.16. The lowest BCUT2D eigenvalue weighted by atomic mass is 10.2. The summed E-state index contributed by atoms with van der Waals surface area (Å²) in [7, 11) is 0. The van der Waals surface area contributed by atoms with Crippen LogP contribution in [-0.4, -0.2) is 27.0 Å². The highest BCUT2D eigenvalue weighted by Crippen LogP contribution is 2.11. The van der Waals surface area contributed by atoms with Crippen LogP contribution in [0.1, 0.15) is 32.1 Å². The van der Waals surface area contributed by atoms with E-state index in [4.69, 9.17) is 10.8 Å².